The number of ether oxygens (including phenoxy) is 2. The van der Waals surface area contributed by atoms with Crippen molar-refractivity contribution in [2.24, 2.45) is 0 Å². The first-order valence-corrected chi connectivity index (χ1v) is 8.36. The first-order chi connectivity index (χ1) is 12.8. The number of carbonyl (C=O) groups excluding carboxylic acids is 1. The quantitative estimate of drug-likeness (QED) is 0.736. The zero-order chi connectivity index (χ0) is 17.8. The Bertz CT molecular complexity index is 892. The number of carbonyl (C=O) groups is 1. The van der Waals surface area contributed by atoms with Crippen LogP contribution in [0.4, 0.5) is 0 Å². The van der Waals surface area contributed by atoms with Gasteiger partial charge in [-0.2, -0.15) is 5.10 Å². The van der Waals surface area contributed by atoms with Crippen molar-refractivity contribution in [3.63, 3.8) is 0 Å². The van der Waals surface area contributed by atoms with E-state index in [4.69, 9.17) is 9.47 Å². The van der Waals surface area contributed by atoms with Crippen LogP contribution < -0.4 is 14.8 Å². The Labute approximate surface area is 150 Å². The molecule has 1 aliphatic heterocycles. The Morgan fingerprint density at radius 1 is 1.08 bits per heavy atom. The third-order valence-electron chi connectivity index (χ3n) is 4.16. The topological polar surface area (TPSA) is 78.3 Å². The fraction of sp³-hybridized carbons (Fsp3) is 0.211. The fourth-order valence-corrected chi connectivity index (χ4v) is 2.78. The molecule has 0 bridgehead atoms. The van der Waals surface area contributed by atoms with E-state index in [2.05, 4.69) is 15.4 Å². The third-order valence-corrected chi connectivity index (χ3v) is 4.16. The lowest BCUT2D eigenvalue weighted by atomic mass is 10.1. The van der Waals surface area contributed by atoms with Gasteiger partial charge in [-0.1, -0.05) is 18.2 Å². The van der Waals surface area contributed by atoms with Crippen molar-refractivity contribution in [2.45, 2.75) is 13.0 Å². The molecule has 132 valence electrons. The van der Waals surface area contributed by atoms with Crippen LogP contribution in [0.15, 0.2) is 55.1 Å². The molecule has 26 heavy (non-hydrogen) atoms. The van der Waals surface area contributed by atoms with Gasteiger partial charge in [0.15, 0.2) is 11.5 Å². The van der Waals surface area contributed by atoms with Gasteiger partial charge in [0.1, 0.15) is 12.7 Å². The van der Waals surface area contributed by atoms with Gasteiger partial charge in [0, 0.05) is 12.1 Å². The largest absolute Gasteiger partial charge is 0.454 e. The number of hydrogen-bond acceptors (Lipinski definition) is 5. The molecule has 1 N–H and O–H groups in total. The van der Waals surface area contributed by atoms with E-state index >= 15 is 0 Å². The highest BCUT2D eigenvalue weighted by atomic mass is 16.7. The fourth-order valence-electron chi connectivity index (χ4n) is 2.78. The highest BCUT2D eigenvalue weighted by Gasteiger charge is 2.13. The average molecular weight is 350 g/mol. The number of nitrogens with one attached hydrogen (secondary N) is 1. The van der Waals surface area contributed by atoms with Crippen LogP contribution in [0.5, 0.6) is 11.5 Å². The van der Waals surface area contributed by atoms with E-state index in [0.29, 0.717) is 18.7 Å². The summed E-state index contributed by atoms with van der Waals surface area (Å²) in [5, 5.41) is 7.01. The van der Waals surface area contributed by atoms with Crippen LogP contribution >= 0.6 is 0 Å². The van der Waals surface area contributed by atoms with Crippen molar-refractivity contribution >= 4 is 5.91 Å². The van der Waals surface area contributed by atoms with Crippen molar-refractivity contribution in [1.29, 1.82) is 0 Å². The molecular weight excluding hydrogens is 332 g/mol. The van der Waals surface area contributed by atoms with Crippen LogP contribution in [-0.2, 0) is 13.0 Å². The molecule has 1 amide bonds. The Morgan fingerprint density at radius 3 is 2.69 bits per heavy atom. The lowest BCUT2D eigenvalue weighted by molar-refractivity contribution is 0.0954. The normalized spacial score (nSPS) is 12.2. The van der Waals surface area contributed by atoms with Gasteiger partial charge in [0.2, 0.25) is 6.79 Å². The Balaban J connectivity index is 1.29. The molecule has 1 aliphatic rings. The van der Waals surface area contributed by atoms with Gasteiger partial charge in [-0.05, 0) is 41.8 Å². The van der Waals surface area contributed by atoms with Gasteiger partial charge in [-0.25, -0.2) is 9.67 Å². The monoisotopic (exact) mass is 350 g/mol. The predicted octanol–water partition coefficient (Wildman–Crippen LogP) is 2.03. The summed E-state index contributed by atoms with van der Waals surface area (Å²) in [4.78, 5) is 16.2. The SMILES string of the molecule is O=C(NCCc1ccc2c(c1)OCO2)c1ccc(Cn2cncn2)cc1. The lowest BCUT2D eigenvalue weighted by Crippen LogP contribution is -2.25. The highest BCUT2D eigenvalue weighted by Crippen LogP contribution is 2.32. The van der Waals surface area contributed by atoms with E-state index in [-0.39, 0.29) is 12.7 Å². The van der Waals surface area contributed by atoms with E-state index in [0.717, 1.165) is 29.0 Å². The molecule has 0 fully saturated rings. The second-order valence-electron chi connectivity index (χ2n) is 5.98. The van der Waals surface area contributed by atoms with Crippen molar-refractivity contribution < 1.29 is 14.3 Å². The van der Waals surface area contributed by atoms with Crippen molar-refractivity contribution in [3.8, 4) is 11.5 Å². The van der Waals surface area contributed by atoms with Crippen molar-refractivity contribution in [2.75, 3.05) is 13.3 Å². The summed E-state index contributed by atoms with van der Waals surface area (Å²) in [6.45, 7) is 1.45. The number of fused-ring (bicyclic) bond motifs is 1. The summed E-state index contributed by atoms with van der Waals surface area (Å²) >= 11 is 0. The van der Waals surface area contributed by atoms with Gasteiger partial charge in [-0.3, -0.25) is 4.79 Å². The van der Waals surface area contributed by atoms with Gasteiger partial charge >= 0.3 is 0 Å². The van der Waals surface area contributed by atoms with E-state index < -0.39 is 0 Å². The van der Waals surface area contributed by atoms with E-state index in [9.17, 15) is 4.79 Å². The first-order valence-electron chi connectivity index (χ1n) is 8.36. The maximum Gasteiger partial charge on any atom is 0.251 e. The molecule has 4 rings (SSSR count). The predicted molar refractivity (Wildman–Crippen MR) is 94.2 cm³/mol. The van der Waals surface area contributed by atoms with Crippen molar-refractivity contribution in [3.05, 3.63) is 71.8 Å². The average Bonchev–Trinajstić information content (AvgIpc) is 3.33. The number of benzene rings is 2. The molecule has 0 aliphatic carbocycles. The van der Waals surface area contributed by atoms with Crippen LogP contribution in [0.3, 0.4) is 0 Å². The second kappa shape index (κ2) is 7.26. The number of hydrogen-bond donors (Lipinski definition) is 1. The first kappa shape index (κ1) is 16.1. The minimum Gasteiger partial charge on any atom is -0.454 e. The standard InChI is InChI=1S/C19H18N4O3/c24-19(16-4-1-15(2-5-16)10-23-12-20-11-22-23)21-8-7-14-3-6-17-18(9-14)26-13-25-17/h1-6,9,11-12H,7-8,10,13H2,(H,21,24). The minimum atomic E-state index is -0.0851. The Morgan fingerprint density at radius 2 is 1.88 bits per heavy atom. The zero-order valence-electron chi connectivity index (χ0n) is 14.1. The molecule has 0 atom stereocenters. The molecule has 0 saturated heterocycles. The summed E-state index contributed by atoms with van der Waals surface area (Å²) in [6, 6.07) is 13.3. The molecule has 3 aromatic rings. The lowest BCUT2D eigenvalue weighted by Gasteiger charge is -2.07. The van der Waals surface area contributed by atoms with Crippen LogP contribution in [0.2, 0.25) is 0 Å². The van der Waals surface area contributed by atoms with E-state index in [1.165, 1.54) is 6.33 Å². The molecule has 1 aromatic heterocycles. The number of aromatic nitrogens is 3. The van der Waals surface area contributed by atoms with Crippen LogP contribution in [-0.4, -0.2) is 34.0 Å². The molecule has 0 saturated carbocycles. The minimum absolute atomic E-state index is 0.0851. The van der Waals surface area contributed by atoms with Crippen LogP contribution in [0.1, 0.15) is 21.5 Å². The smallest absolute Gasteiger partial charge is 0.251 e. The highest BCUT2D eigenvalue weighted by molar-refractivity contribution is 5.94. The third kappa shape index (κ3) is 3.66. The van der Waals surface area contributed by atoms with Gasteiger partial charge in [-0.15, -0.1) is 0 Å². The number of amides is 1. The Hall–Kier alpha value is -3.35. The van der Waals surface area contributed by atoms with Crippen LogP contribution in [0, 0.1) is 0 Å². The van der Waals surface area contributed by atoms with Gasteiger partial charge in [0.25, 0.3) is 5.91 Å². The summed E-state index contributed by atoms with van der Waals surface area (Å²) in [5.74, 6) is 1.44. The van der Waals surface area contributed by atoms with Gasteiger partial charge in [0.05, 0.1) is 6.54 Å². The van der Waals surface area contributed by atoms with Crippen molar-refractivity contribution in [1.82, 2.24) is 20.1 Å². The Kier molecular flexibility index (Phi) is 4.51. The number of rotatable bonds is 6. The van der Waals surface area contributed by atoms with E-state index in [1.807, 2.05) is 42.5 Å². The maximum absolute atomic E-state index is 12.3. The molecular formula is C19H18N4O3. The molecule has 2 aromatic carbocycles. The number of nitrogens with zero attached hydrogens (tertiary/aromatic N) is 3. The second-order valence-corrected chi connectivity index (χ2v) is 5.98. The molecule has 0 radical (unpaired) electrons. The van der Waals surface area contributed by atoms with Gasteiger partial charge < -0.3 is 14.8 Å². The molecule has 0 spiro atoms. The summed E-state index contributed by atoms with van der Waals surface area (Å²) in [5.41, 5.74) is 2.79. The molecule has 7 heteroatoms. The summed E-state index contributed by atoms with van der Waals surface area (Å²) in [6.07, 6.45) is 3.89. The summed E-state index contributed by atoms with van der Waals surface area (Å²) < 4.78 is 12.4. The van der Waals surface area contributed by atoms with Crippen LogP contribution in [0.25, 0.3) is 0 Å². The molecule has 7 nitrogen and oxygen atoms in total. The summed E-state index contributed by atoms with van der Waals surface area (Å²) in [7, 11) is 0. The zero-order valence-corrected chi connectivity index (χ0v) is 14.1. The van der Waals surface area contributed by atoms with E-state index in [1.54, 1.807) is 11.0 Å². The molecule has 2 heterocycles. The maximum atomic E-state index is 12.3. The molecule has 0 unspecified atom stereocenters.